The fraction of sp³-hybridized carbons (Fsp3) is 0.250. The molecular formula is C12H13NO6. The minimum absolute atomic E-state index is 0.0579. The first-order valence-corrected chi connectivity index (χ1v) is 5.27. The molecule has 7 heteroatoms. The Balaban J connectivity index is 3.15. The Kier molecular flexibility index (Phi) is 4.46. The molecule has 102 valence electrons. The molecule has 1 aromatic carbocycles. The van der Waals surface area contributed by atoms with Gasteiger partial charge in [0.2, 0.25) is 11.9 Å². The van der Waals surface area contributed by atoms with Crippen LogP contribution >= 0.6 is 0 Å². The van der Waals surface area contributed by atoms with Gasteiger partial charge < -0.3 is 20.3 Å². The van der Waals surface area contributed by atoms with E-state index in [1.165, 1.54) is 13.2 Å². The van der Waals surface area contributed by atoms with E-state index in [-0.39, 0.29) is 6.41 Å². The second-order valence-electron chi connectivity index (χ2n) is 3.81. The molecule has 0 bridgehead atoms. The maximum absolute atomic E-state index is 11.2. The van der Waals surface area contributed by atoms with Gasteiger partial charge >= 0.3 is 11.9 Å². The second kappa shape index (κ2) is 5.85. The molecule has 3 N–H and O–H groups in total. The van der Waals surface area contributed by atoms with E-state index in [0.29, 0.717) is 11.3 Å². The molecule has 1 aromatic rings. The molecule has 0 atom stereocenters. The monoisotopic (exact) mass is 267 g/mol. The molecule has 1 amide bonds. The number of amides is 1. The van der Waals surface area contributed by atoms with Gasteiger partial charge in [0.05, 0.1) is 7.11 Å². The van der Waals surface area contributed by atoms with Crippen molar-refractivity contribution in [1.82, 2.24) is 5.32 Å². The first-order valence-electron chi connectivity index (χ1n) is 5.27. The van der Waals surface area contributed by atoms with Crippen LogP contribution in [0.5, 0.6) is 5.75 Å². The third-order valence-corrected chi connectivity index (χ3v) is 2.64. The van der Waals surface area contributed by atoms with Crippen LogP contribution in [0.1, 0.15) is 5.56 Å². The van der Waals surface area contributed by atoms with Crippen LogP contribution < -0.4 is 10.1 Å². The Morgan fingerprint density at radius 2 is 2.00 bits per heavy atom. The summed E-state index contributed by atoms with van der Waals surface area (Å²) < 4.78 is 4.97. The number of carboxylic acids is 2. The van der Waals surface area contributed by atoms with Crippen molar-refractivity contribution in [2.45, 2.75) is 12.0 Å². The Hall–Kier alpha value is -2.57. The van der Waals surface area contributed by atoms with Gasteiger partial charge in [-0.05, 0) is 17.7 Å². The summed E-state index contributed by atoms with van der Waals surface area (Å²) in [5, 5.41) is 20.0. The minimum atomic E-state index is -2.39. The average molecular weight is 267 g/mol. The molecule has 0 fully saturated rings. The largest absolute Gasteiger partial charge is 0.497 e. The summed E-state index contributed by atoms with van der Waals surface area (Å²) in [4.78, 5) is 32.8. The van der Waals surface area contributed by atoms with E-state index in [2.05, 4.69) is 0 Å². The molecule has 0 aliphatic heterocycles. The molecule has 0 unspecified atom stereocenters. The van der Waals surface area contributed by atoms with Crippen LogP contribution in [0.25, 0.3) is 0 Å². The second-order valence-corrected chi connectivity index (χ2v) is 3.81. The number of aliphatic carboxylic acids is 2. The molecule has 0 radical (unpaired) electrons. The fourth-order valence-corrected chi connectivity index (χ4v) is 1.61. The van der Waals surface area contributed by atoms with Crippen LogP contribution in [-0.4, -0.2) is 41.2 Å². The standard InChI is InChI=1S/C12H13NO6/c1-19-9-4-2-3-8(5-9)6-12(10(15)16,11(17)18)13-7-14/h2-5,7H,6H2,1H3,(H,13,14)(H,15,16)(H,17,18). The number of ether oxygens (including phenoxy) is 1. The molecule has 0 saturated carbocycles. The van der Waals surface area contributed by atoms with Gasteiger partial charge in [0.25, 0.3) is 0 Å². The van der Waals surface area contributed by atoms with Gasteiger partial charge in [0.15, 0.2) is 0 Å². The van der Waals surface area contributed by atoms with Gasteiger partial charge in [-0.3, -0.25) is 4.79 Å². The first-order chi connectivity index (χ1) is 8.96. The lowest BCUT2D eigenvalue weighted by molar-refractivity contribution is -0.160. The predicted octanol–water partition coefficient (Wildman–Crippen LogP) is -0.108. The Labute approximate surface area is 108 Å². The van der Waals surface area contributed by atoms with Crippen LogP contribution in [0.2, 0.25) is 0 Å². The molecule has 19 heavy (non-hydrogen) atoms. The summed E-state index contributed by atoms with van der Waals surface area (Å²) in [6, 6.07) is 6.30. The number of hydrogen-bond acceptors (Lipinski definition) is 4. The molecule has 0 heterocycles. The maximum atomic E-state index is 11.2. The maximum Gasteiger partial charge on any atom is 0.341 e. The van der Waals surface area contributed by atoms with Crippen molar-refractivity contribution >= 4 is 18.3 Å². The van der Waals surface area contributed by atoms with Crippen molar-refractivity contribution in [2.24, 2.45) is 0 Å². The van der Waals surface area contributed by atoms with Crippen LogP contribution in [0, 0.1) is 0 Å². The minimum Gasteiger partial charge on any atom is -0.497 e. The molecule has 0 aliphatic carbocycles. The zero-order chi connectivity index (χ0) is 14.5. The third kappa shape index (κ3) is 3.01. The Morgan fingerprint density at radius 3 is 2.47 bits per heavy atom. The van der Waals surface area contributed by atoms with E-state index in [4.69, 9.17) is 14.9 Å². The summed E-state index contributed by atoms with van der Waals surface area (Å²) in [6.45, 7) is 0. The number of carbonyl (C=O) groups is 3. The first kappa shape index (κ1) is 14.5. The smallest absolute Gasteiger partial charge is 0.341 e. The molecule has 1 rings (SSSR count). The highest BCUT2D eigenvalue weighted by molar-refractivity contribution is 6.05. The normalized spacial score (nSPS) is 10.6. The summed E-state index contributed by atoms with van der Waals surface area (Å²) in [5.74, 6) is -2.82. The summed E-state index contributed by atoms with van der Waals surface area (Å²) in [7, 11) is 1.43. The molecule has 7 nitrogen and oxygen atoms in total. The van der Waals surface area contributed by atoms with Gasteiger partial charge in [-0.15, -0.1) is 0 Å². The average Bonchev–Trinajstić information content (AvgIpc) is 2.37. The molecule has 0 spiro atoms. The zero-order valence-electron chi connectivity index (χ0n) is 10.1. The van der Waals surface area contributed by atoms with E-state index in [1.807, 2.05) is 5.32 Å². The van der Waals surface area contributed by atoms with Crippen molar-refractivity contribution in [2.75, 3.05) is 7.11 Å². The fourth-order valence-electron chi connectivity index (χ4n) is 1.61. The van der Waals surface area contributed by atoms with Crippen LogP contribution in [0.4, 0.5) is 0 Å². The lowest BCUT2D eigenvalue weighted by Crippen LogP contribution is -2.59. The topological polar surface area (TPSA) is 113 Å². The molecular weight excluding hydrogens is 254 g/mol. The quantitative estimate of drug-likeness (QED) is 0.469. The van der Waals surface area contributed by atoms with Gasteiger partial charge in [-0.2, -0.15) is 0 Å². The summed E-state index contributed by atoms with van der Waals surface area (Å²) in [5.41, 5.74) is -1.98. The van der Waals surface area contributed by atoms with E-state index in [9.17, 15) is 14.4 Å². The van der Waals surface area contributed by atoms with Crippen molar-refractivity contribution in [3.63, 3.8) is 0 Å². The predicted molar refractivity (Wildman–Crippen MR) is 63.9 cm³/mol. The van der Waals surface area contributed by atoms with E-state index in [1.54, 1.807) is 18.2 Å². The summed E-state index contributed by atoms with van der Waals surface area (Å²) >= 11 is 0. The van der Waals surface area contributed by atoms with Crippen LogP contribution in [0.3, 0.4) is 0 Å². The molecule has 0 saturated heterocycles. The number of methoxy groups -OCH3 is 1. The highest BCUT2D eigenvalue weighted by atomic mass is 16.5. The van der Waals surface area contributed by atoms with Gasteiger partial charge in [-0.25, -0.2) is 9.59 Å². The third-order valence-electron chi connectivity index (χ3n) is 2.64. The highest BCUT2D eigenvalue weighted by Crippen LogP contribution is 2.19. The Morgan fingerprint density at radius 1 is 1.37 bits per heavy atom. The number of carbonyl (C=O) groups excluding carboxylic acids is 1. The van der Waals surface area contributed by atoms with Crippen molar-refractivity contribution < 1.29 is 29.3 Å². The van der Waals surface area contributed by atoms with Crippen LogP contribution in [0.15, 0.2) is 24.3 Å². The highest BCUT2D eigenvalue weighted by Gasteiger charge is 2.46. The summed E-state index contributed by atoms with van der Waals surface area (Å²) in [6.07, 6.45) is -0.337. The number of carboxylic acid groups (broad SMARTS) is 2. The number of benzene rings is 1. The van der Waals surface area contributed by atoms with Crippen molar-refractivity contribution in [3.8, 4) is 5.75 Å². The van der Waals surface area contributed by atoms with Crippen molar-refractivity contribution in [3.05, 3.63) is 29.8 Å². The van der Waals surface area contributed by atoms with Gasteiger partial charge in [0.1, 0.15) is 5.75 Å². The molecule has 0 aliphatic rings. The van der Waals surface area contributed by atoms with Crippen molar-refractivity contribution in [1.29, 1.82) is 0 Å². The number of rotatable bonds is 7. The van der Waals surface area contributed by atoms with Gasteiger partial charge in [0, 0.05) is 6.42 Å². The lowest BCUT2D eigenvalue weighted by atomic mass is 9.91. The number of hydrogen-bond donors (Lipinski definition) is 3. The number of nitrogens with one attached hydrogen (secondary N) is 1. The molecule has 0 aromatic heterocycles. The Bertz CT molecular complexity index is 485. The zero-order valence-corrected chi connectivity index (χ0v) is 10.1. The van der Waals surface area contributed by atoms with E-state index in [0.717, 1.165) is 0 Å². The van der Waals surface area contributed by atoms with E-state index < -0.39 is 23.9 Å². The van der Waals surface area contributed by atoms with E-state index >= 15 is 0 Å². The SMILES string of the molecule is COc1cccc(CC(NC=O)(C(=O)O)C(=O)O)c1. The van der Waals surface area contributed by atoms with Gasteiger partial charge in [-0.1, -0.05) is 12.1 Å². The van der Waals surface area contributed by atoms with Crippen LogP contribution in [-0.2, 0) is 20.8 Å². The lowest BCUT2D eigenvalue weighted by Gasteiger charge is -2.24.